The van der Waals surface area contributed by atoms with Gasteiger partial charge >= 0.3 is 6.18 Å². The van der Waals surface area contributed by atoms with Gasteiger partial charge < -0.3 is 10.1 Å². The van der Waals surface area contributed by atoms with Crippen molar-refractivity contribution in [3.63, 3.8) is 0 Å². The molecule has 0 aliphatic rings. The Morgan fingerprint density at radius 1 is 1.24 bits per heavy atom. The number of alkyl halides is 3. The van der Waals surface area contributed by atoms with Crippen molar-refractivity contribution in [3.8, 4) is 5.75 Å². The molecule has 0 saturated heterocycles. The highest BCUT2D eigenvalue weighted by Crippen LogP contribution is 2.27. The van der Waals surface area contributed by atoms with Crippen molar-refractivity contribution in [1.29, 1.82) is 0 Å². The molecule has 1 heterocycles. The lowest BCUT2D eigenvalue weighted by atomic mass is 10.0. The third-order valence-electron chi connectivity index (χ3n) is 3.51. The number of carbonyl (C=O) groups excluding carboxylic acids is 1. The minimum atomic E-state index is -4.46. The Bertz CT molecular complexity index is 694. The molecule has 1 N–H and O–H groups in total. The lowest BCUT2D eigenvalue weighted by Gasteiger charge is -2.09. The van der Waals surface area contributed by atoms with Crippen molar-refractivity contribution in [2.24, 2.45) is 0 Å². The first-order valence-corrected chi connectivity index (χ1v) is 7.86. The Hall–Kier alpha value is -2.51. The summed E-state index contributed by atoms with van der Waals surface area (Å²) in [6, 6.07) is 8.36. The molecule has 8 heteroatoms. The molecule has 1 aromatic carbocycles. The highest BCUT2D eigenvalue weighted by Gasteiger charge is 2.33. The summed E-state index contributed by atoms with van der Waals surface area (Å²) in [5, 5.41) is 5.98. The molecule has 0 atom stereocenters. The summed E-state index contributed by atoms with van der Waals surface area (Å²) in [6.45, 7) is 4.31. The van der Waals surface area contributed by atoms with Crippen molar-refractivity contribution >= 4 is 5.91 Å². The maximum Gasteiger partial charge on any atom is 0.435 e. The van der Waals surface area contributed by atoms with Gasteiger partial charge in [0.25, 0.3) is 5.91 Å². The summed E-state index contributed by atoms with van der Waals surface area (Å²) in [7, 11) is 0. The summed E-state index contributed by atoms with van der Waals surface area (Å²) in [5.74, 6) is 0.648. The molecule has 5 nitrogen and oxygen atoms in total. The first-order chi connectivity index (χ1) is 11.8. The maximum absolute atomic E-state index is 12.4. The van der Waals surface area contributed by atoms with E-state index in [2.05, 4.69) is 24.3 Å². The highest BCUT2D eigenvalue weighted by atomic mass is 19.4. The monoisotopic (exact) mass is 355 g/mol. The number of ether oxygens (including phenoxy) is 1. The van der Waals surface area contributed by atoms with Gasteiger partial charge in [0, 0.05) is 12.7 Å². The van der Waals surface area contributed by atoms with Crippen molar-refractivity contribution in [2.45, 2.75) is 32.5 Å². The van der Waals surface area contributed by atoms with Crippen LogP contribution in [0.2, 0.25) is 0 Å². The number of rotatable bonds is 7. The van der Waals surface area contributed by atoms with Crippen LogP contribution in [0.15, 0.2) is 36.5 Å². The Morgan fingerprint density at radius 3 is 2.48 bits per heavy atom. The quantitative estimate of drug-likeness (QED) is 0.830. The predicted molar refractivity (Wildman–Crippen MR) is 86.3 cm³/mol. The second-order valence-electron chi connectivity index (χ2n) is 5.82. The molecule has 0 radical (unpaired) electrons. The standard InChI is InChI=1S/C17H20F3N3O2/c1-12(2)13-3-5-14(6-4-13)25-11-16(24)21-8-10-23-9-7-15(22-23)17(18,19)20/h3-7,9,12H,8,10-11H2,1-2H3,(H,21,24). The molecule has 2 aromatic rings. The molecule has 2 rings (SSSR count). The van der Waals surface area contributed by atoms with Crippen LogP contribution in [-0.2, 0) is 17.5 Å². The fraction of sp³-hybridized carbons (Fsp3) is 0.412. The van der Waals surface area contributed by atoms with E-state index < -0.39 is 11.9 Å². The number of benzene rings is 1. The number of halogens is 3. The molecule has 0 aliphatic heterocycles. The number of hydrogen-bond donors (Lipinski definition) is 1. The zero-order valence-corrected chi connectivity index (χ0v) is 14.0. The van der Waals surface area contributed by atoms with Gasteiger partial charge in [-0.3, -0.25) is 9.48 Å². The van der Waals surface area contributed by atoms with Gasteiger partial charge in [0.05, 0.1) is 6.54 Å². The van der Waals surface area contributed by atoms with E-state index in [4.69, 9.17) is 4.74 Å². The van der Waals surface area contributed by atoms with Crippen LogP contribution >= 0.6 is 0 Å². The normalized spacial score (nSPS) is 11.6. The van der Waals surface area contributed by atoms with Crippen LogP contribution < -0.4 is 10.1 Å². The summed E-state index contributed by atoms with van der Waals surface area (Å²) in [6.07, 6.45) is -3.24. The SMILES string of the molecule is CC(C)c1ccc(OCC(=O)NCCn2ccc(C(F)(F)F)n2)cc1. The van der Waals surface area contributed by atoms with Crippen LogP contribution in [0.1, 0.15) is 31.0 Å². The Balaban J connectivity index is 1.71. The molecule has 0 saturated carbocycles. The first kappa shape index (κ1) is 18.8. The predicted octanol–water partition coefficient (Wildman–Crippen LogP) is 3.22. The molecule has 136 valence electrons. The summed E-state index contributed by atoms with van der Waals surface area (Å²) < 4.78 is 43.8. The van der Waals surface area contributed by atoms with E-state index in [1.807, 2.05) is 12.1 Å². The molecule has 0 spiro atoms. The average Bonchev–Trinajstić information content (AvgIpc) is 3.02. The van der Waals surface area contributed by atoms with Crippen molar-refractivity contribution in [3.05, 3.63) is 47.8 Å². The van der Waals surface area contributed by atoms with Gasteiger partial charge in [0.2, 0.25) is 0 Å². The van der Waals surface area contributed by atoms with Crippen LogP contribution in [0.4, 0.5) is 13.2 Å². The molecule has 1 aromatic heterocycles. The maximum atomic E-state index is 12.4. The Labute approximate surface area is 143 Å². The number of aromatic nitrogens is 2. The largest absolute Gasteiger partial charge is 0.484 e. The van der Waals surface area contributed by atoms with Crippen LogP contribution in [-0.4, -0.2) is 28.8 Å². The molecular weight excluding hydrogens is 335 g/mol. The lowest BCUT2D eigenvalue weighted by Crippen LogP contribution is -2.31. The fourth-order valence-corrected chi connectivity index (χ4v) is 2.10. The minimum Gasteiger partial charge on any atom is -0.484 e. The van der Waals surface area contributed by atoms with E-state index in [0.717, 1.165) is 10.7 Å². The number of nitrogens with zero attached hydrogens (tertiary/aromatic N) is 2. The molecule has 0 bridgehead atoms. The number of nitrogens with one attached hydrogen (secondary N) is 1. The van der Waals surface area contributed by atoms with Gasteiger partial charge in [-0.1, -0.05) is 26.0 Å². The molecule has 1 amide bonds. The van der Waals surface area contributed by atoms with Crippen LogP contribution in [0.5, 0.6) is 5.75 Å². The van der Waals surface area contributed by atoms with E-state index in [0.29, 0.717) is 11.7 Å². The Kier molecular flexibility index (Phi) is 6.06. The topological polar surface area (TPSA) is 56.1 Å². The first-order valence-electron chi connectivity index (χ1n) is 7.86. The molecule has 0 fully saturated rings. The van der Waals surface area contributed by atoms with Crippen LogP contribution in [0, 0.1) is 0 Å². The average molecular weight is 355 g/mol. The minimum absolute atomic E-state index is 0.144. The van der Waals surface area contributed by atoms with Gasteiger partial charge in [-0.05, 0) is 29.7 Å². The molecular formula is C17H20F3N3O2. The van der Waals surface area contributed by atoms with E-state index in [-0.39, 0.29) is 25.6 Å². The molecule has 25 heavy (non-hydrogen) atoms. The van der Waals surface area contributed by atoms with E-state index >= 15 is 0 Å². The summed E-state index contributed by atoms with van der Waals surface area (Å²) in [5.41, 5.74) is 0.223. The van der Waals surface area contributed by atoms with Crippen molar-refractivity contribution < 1.29 is 22.7 Å². The highest BCUT2D eigenvalue weighted by molar-refractivity contribution is 5.77. The van der Waals surface area contributed by atoms with Gasteiger partial charge in [-0.15, -0.1) is 0 Å². The summed E-state index contributed by atoms with van der Waals surface area (Å²) >= 11 is 0. The van der Waals surface area contributed by atoms with Crippen LogP contribution in [0.25, 0.3) is 0 Å². The number of carbonyl (C=O) groups is 1. The lowest BCUT2D eigenvalue weighted by molar-refractivity contribution is -0.141. The Morgan fingerprint density at radius 2 is 1.92 bits per heavy atom. The van der Waals surface area contributed by atoms with Gasteiger partial charge in [0.15, 0.2) is 12.3 Å². The smallest absolute Gasteiger partial charge is 0.435 e. The molecule has 0 aliphatic carbocycles. The van der Waals surface area contributed by atoms with Crippen LogP contribution in [0.3, 0.4) is 0 Å². The van der Waals surface area contributed by atoms with Gasteiger partial charge in [-0.2, -0.15) is 18.3 Å². The zero-order valence-electron chi connectivity index (χ0n) is 14.0. The van der Waals surface area contributed by atoms with Gasteiger partial charge in [0.1, 0.15) is 5.75 Å². The van der Waals surface area contributed by atoms with E-state index in [9.17, 15) is 18.0 Å². The number of amides is 1. The summed E-state index contributed by atoms with van der Waals surface area (Å²) in [4.78, 5) is 11.7. The van der Waals surface area contributed by atoms with Crippen molar-refractivity contribution in [1.82, 2.24) is 15.1 Å². The van der Waals surface area contributed by atoms with E-state index in [1.165, 1.54) is 11.8 Å². The van der Waals surface area contributed by atoms with Gasteiger partial charge in [-0.25, -0.2) is 0 Å². The zero-order chi connectivity index (χ0) is 18.4. The molecule has 0 unspecified atom stereocenters. The number of hydrogen-bond acceptors (Lipinski definition) is 3. The third kappa shape index (κ3) is 5.81. The third-order valence-corrected chi connectivity index (χ3v) is 3.51. The second kappa shape index (κ2) is 8.04. The second-order valence-corrected chi connectivity index (χ2v) is 5.82. The fourth-order valence-electron chi connectivity index (χ4n) is 2.10. The van der Waals surface area contributed by atoms with Crippen molar-refractivity contribution in [2.75, 3.05) is 13.2 Å². The van der Waals surface area contributed by atoms with E-state index in [1.54, 1.807) is 12.1 Å².